The van der Waals surface area contributed by atoms with Crippen LogP contribution in [-0.4, -0.2) is 20.0 Å². The highest BCUT2D eigenvalue weighted by Crippen LogP contribution is 2.18. The predicted molar refractivity (Wildman–Crippen MR) is 110 cm³/mol. The summed E-state index contributed by atoms with van der Waals surface area (Å²) >= 11 is 0. The Morgan fingerprint density at radius 3 is 2.59 bits per heavy atom. The van der Waals surface area contributed by atoms with Crippen molar-refractivity contribution in [2.75, 3.05) is 5.32 Å². The topological polar surface area (TPSA) is 68.9 Å². The van der Waals surface area contributed by atoms with Crippen molar-refractivity contribution in [2.24, 2.45) is 0 Å². The van der Waals surface area contributed by atoms with Gasteiger partial charge in [0.1, 0.15) is 12.4 Å². The second-order valence-electron chi connectivity index (χ2n) is 6.89. The van der Waals surface area contributed by atoms with Crippen molar-refractivity contribution in [2.45, 2.75) is 20.4 Å². The number of nitrogens with one attached hydrogen (secondary N) is 1. The summed E-state index contributed by atoms with van der Waals surface area (Å²) < 4.78 is 16.0. The van der Waals surface area contributed by atoms with Crippen LogP contribution < -0.4 is 11.0 Å². The van der Waals surface area contributed by atoms with Crippen molar-refractivity contribution in [3.8, 4) is 5.69 Å². The Morgan fingerprint density at radius 1 is 1.10 bits per heavy atom. The van der Waals surface area contributed by atoms with Gasteiger partial charge in [0.2, 0.25) is 5.91 Å². The van der Waals surface area contributed by atoms with Crippen molar-refractivity contribution in [3.63, 3.8) is 0 Å². The van der Waals surface area contributed by atoms with Crippen LogP contribution >= 0.6 is 0 Å². The number of benzene rings is 2. The zero-order valence-corrected chi connectivity index (χ0v) is 16.0. The van der Waals surface area contributed by atoms with Crippen molar-refractivity contribution in [1.82, 2.24) is 14.1 Å². The number of amides is 1. The monoisotopic (exact) mass is 390 g/mol. The maximum atomic E-state index is 13.3. The van der Waals surface area contributed by atoms with E-state index < -0.39 is 11.5 Å². The number of halogens is 1. The molecule has 0 aliphatic heterocycles. The van der Waals surface area contributed by atoms with E-state index in [1.54, 1.807) is 18.3 Å². The lowest BCUT2D eigenvalue weighted by Gasteiger charge is -2.09. The molecule has 146 valence electrons. The summed E-state index contributed by atoms with van der Waals surface area (Å²) in [6, 6.07) is 14.7. The molecule has 1 N–H and O–H groups in total. The third kappa shape index (κ3) is 3.54. The normalized spacial score (nSPS) is 11.0. The number of hydrogen-bond acceptors (Lipinski definition) is 3. The predicted octanol–water partition coefficient (Wildman–Crippen LogP) is 3.58. The van der Waals surface area contributed by atoms with Crippen LogP contribution in [0.1, 0.15) is 11.1 Å². The molecule has 29 heavy (non-hydrogen) atoms. The molecule has 0 saturated heterocycles. The smallest absolute Gasteiger partial charge is 0.324 e. The highest BCUT2D eigenvalue weighted by molar-refractivity contribution is 5.92. The van der Waals surface area contributed by atoms with Gasteiger partial charge in [-0.05, 0) is 61.9 Å². The second-order valence-corrected chi connectivity index (χ2v) is 6.89. The van der Waals surface area contributed by atoms with E-state index in [4.69, 9.17) is 0 Å². The van der Waals surface area contributed by atoms with Crippen LogP contribution in [0.5, 0.6) is 0 Å². The van der Waals surface area contributed by atoms with Crippen LogP contribution in [0.2, 0.25) is 0 Å². The number of pyridine rings is 1. The molecule has 2 aromatic heterocycles. The van der Waals surface area contributed by atoms with Crippen LogP contribution in [0.25, 0.3) is 16.9 Å². The molecule has 0 radical (unpaired) electrons. The Balaban J connectivity index is 1.72. The second kappa shape index (κ2) is 7.35. The molecule has 0 fully saturated rings. The Hall–Kier alpha value is -3.74. The van der Waals surface area contributed by atoms with Gasteiger partial charge in [-0.25, -0.2) is 18.7 Å². The molecule has 0 bridgehead atoms. The number of carbonyl (C=O) groups excluding carboxylic acids is 1. The number of fused-ring (bicyclic) bond motifs is 1. The standard InChI is InChI=1S/C22H19FN4O2/c1-14-5-10-18(15(2)12-14)25-20(28)13-26-19-4-3-11-24-21(19)27(22(26)29)17-8-6-16(23)7-9-17/h3-12H,13H2,1-2H3,(H,25,28). The van der Waals surface area contributed by atoms with Gasteiger partial charge >= 0.3 is 5.69 Å². The third-order valence-electron chi connectivity index (χ3n) is 4.73. The number of hydrogen-bond donors (Lipinski definition) is 1. The molecule has 0 aliphatic rings. The Labute approximate surface area is 166 Å². The van der Waals surface area contributed by atoms with Gasteiger partial charge in [-0.3, -0.25) is 9.36 Å². The molecule has 7 heteroatoms. The minimum Gasteiger partial charge on any atom is -0.324 e. The minimum absolute atomic E-state index is 0.164. The van der Waals surface area contributed by atoms with E-state index in [0.717, 1.165) is 11.1 Å². The van der Waals surface area contributed by atoms with Crippen molar-refractivity contribution in [1.29, 1.82) is 0 Å². The fraction of sp³-hybridized carbons (Fsp3) is 0.136. The molecule has 4 aromatic rings. The fourth-order valence-corrected chi connectivity index (χ4v) is 3.35. The summed E-state index contributed by atoms with van der Waals surface area (Å²) in [7, 11) is 0. The molecule has 4 rings (SSSR count). The van der Waals surface area contributed by atoms with Crippen molar-refractivity contribution in [3.05, 3.63) is 88.2 Å². The summed E-state index contributed by atoms with van der Waals surface area (Å²) in [5.74, 6) is -0.715. The quantitative estimate of drug-likeness (QED) is 0.579. The lowest BCUT2D eigenvalue weighted by molar-refractivity contribution is -0.116. The van der Waals surface area contributed by atoms with Crippen LogP contribution in [-0.2, 0) is 11.3 Å². The molecule has 0 saturated carbocycles. The summed E-state index contributed by atoms with van der Waals surface area (Å²) in [6.45, 7) is 3.73. The molecule has 0 spiro atoms. The van der Waals surface area contributed by atoms with E-state index in [-0.39, 0.29) is 12.5 Å². The van der Waals surface area contributed by atoms with Gasteiger partial charge in [0, 0.05) is 11.9 Å². The average molecular weight is 390 g/mol. The molecule has 2 aromatic carbocycles. The SMILES string of the molecule is Cc1ccc(NC(=O)Cn2c(=O)n(-c3ccc(F)cc3)c3ncccc32)c(C)c1. The Kier molecular flexibility index (Phi) is 4.72. The van der Waals surface area contributed by atoms with Gasteiger partial charge in [0.25, 0.3) is 0 Å². The largest absolute Gasteiger partial charge is 0.335 e. The average Bonchev–Trinajstić information content (AvgIpc) is 2.97. The first-order chi connectivity index (χ1) is 13.9. The van der Waals surface area contributed by atoms with E-state index in [1.807, 2.05) is 32.0 Å². The van der Waals surface area contributed by atoms with Gasteiger partial charge in [-0.15, -0.1) is 0 Å². The van der Waals surface area contributed by atoms with E-state index in [2.05, 4.69) is 10.3 Å². The zero-order chi connectivity index (χ0) is 20.5. The van der Waals surface area contributed by atoms with E-state index in [9.17, 15) is 14.0 Å². The van der Waals surface area contributed by atoms with E-state index in [0.29, 0.717) is 22.5 Å². The number of aryl methyl sites for hydroxylation is 2. The maximum absolute atomic E-state index is 13.3. The first-order valence-corrected chi connectivity index (χ1v) is 9.13. The maximum Gasteiger partial charge on any atom is 0.335 e. The van der Waals surface area contributed by atoms with E-state index >= 15 is 0 Å². The van der Waals surface area contributed by atoms with Crippen molar-refractivity contribution < 1.29 is 9.18 Å². The number of anilines is 1. The molecule has 1 amide bonds. The van der Waals surface area contributed by atoms with Crippen LogP contribution in [0.4, 0.5) is 10.1 Å². The van der Waals surface area contributed by atoms with Crippen LogP contribution in [0.3, 0.4) is 0 Å². The number of aromatic nitrogens is 3. The van der Waals surface area contributed by atoms with Gasteiger partial charge in [-0.1, -0.05) is 17.7 Å². The fourth-order valence-electron chi connectivity index (χ4n) is 3.35. The summed E-state index contributed by atoms with van der Waals surface area (Å²) in [6.07, 6.45) is 1.57. The first-order valence-electron chi connectivity index (χ1n) is 9.13. The van der Waals surface area contributed by atoms with Gasteiger partial charge < -0.3 is 5.32 Å². The van der Waals surface area contributed by atoms with Gasteiger partial charge in [0.15, 0.2) is 5.65 Å². The highest BCUT2D eigenvalue weighted by Gasteiger charge is 2.18. The van der Waals surface area contributed by atoms with Crippen LogP contribution in [0.15, 0.2) is 65.6 Å². The highest BCUT2D eigenvalue weighted by atomic mass is 19.1. The Bertz CT molecular complexity index is 1270. The molecule has 0 atom stereocenters. The van der Waals surface area contributed by atoms with Crippen molar-refractivity contribution >= 4 is 22.8 Å². The molecule has 2 heterocycles. The first kappa shape index (κ1) is 18.6. The van der Waals surface area contributed by atoms with Gasteiger partial charge in [-0.2, -0.15) is 0 Å². The zero-order valence-electron chi connectivity index (χ0n) is 16.0. The lowest BCUT2D eigenvalue weighted by atomic mass is 10.1. The van der Waals surface area contributed by atoms with Gasteiger partial charge in [0.05, 0.1) is 11.2 Å². The Morgan fingerprint density at radius 2 is 1.86 bits per heavy atom. The summed E-state index contributed by atoms with van der Waals surface area (Å²) in [5, 5.41) is 2.86. The number of nitrogens with zero attached hydrogens (tertiary/aromatic N) is 3. The molecule has 0 unspecified atom stereocenters. The molecular weight excluding hydrogens is 371 g/mol. The molecule has 0 aliphatic carbocycles. The molecular formula is C22H19FN4O2. The lowest BCUT2D eigenvalue weighted by Crippen LogP contribution is -2.29. The number of carbonyl (C=O) groups is 1. The number of rotatable bonds is 4. The third-order valence-corrected chi connectivity index (χ3v) is 4.73. The van der Waals surface area contributed by atoms with E-state index in [1.165, 1.54) is 33.4 Å². The summed E-state index contributed by atoms with van der Waals surface area (Å²) in [4.78, 5) is 30.0. The van der Waals surface area contributed by atoms with Crippen LogP contribution in [0, 0.1) is 19.7 Å². The molecule has 6 nitrogen and oxygen atoms in total. The number of imidazole rings is 1. The minimum atomic E-state index is -0.416. The summed E-state index contributed by atoms with van der Waals surface area (Å²) in [5.41, 5.74) is 3.75.